The molecule has 0 aliphatic heterocycles. The summed E-state index contributed by atoms with van der Waals surface area (Å²) in [6, 6.07) is 0. The first-order valence-corrected chi connectivity index (χ1v) is 4.39. The van der Waals surface area contributed by atoms with Crippen molar-refractivity contribution < 1.29 is 31.7 Å². The highest BCUT2D eigenvalue weighted by Gasteiger charge is 2.42. The van der Waals surface area contributed by atoms with Crippen molar-refractivity contribution in [2.75, 3.05) is 0 Å². The number of rotatable bonds is 3. The molecule has 0 saturated heterocycles. The van der Waals surface area contributed by atoms with Gasteiger partial charge in [0.25, 0.3) is 12.3 Å². The van der Waals surface area contributed by atoms with Crippen molar-refractivity contribution in [2.24, 2.45) is 5.73 Å². The van der Waals surface area contributed by atoms with Gasteiger partial charge in [-0.2, -0.15) is 13.2 Å². The molecule has 1 heterocycles. The number of nitrogens with two attached hydrogens (primary N) is 1. The molecule has 1 aromatic heterocycles. The summed E-state index contributed by atoms with van der Waals surface area (Å²) in [5.74, 6) is -1.84. The Bertz CT molecular complexity index is 543. The van der Waals surface area contributed by atoms with E-state index in [0.717, 1.165) is 0 Å². The SMILES string of the molecule is NC(=O)c1c(C(F)(F)F)cnc(C(F)F)c1[N+](=O)[O-]. The lowest BCUT2D eigenvalue weighted by molar-refractivity contribution is -0.387. The first-order valence-electron chi connectivity index (χ1n) is 4.39. The Kier molecular flexibility index (Phi) is 3.68. The number of alkyl halides is 5. The van der Waals surface area contributed by atoms with Crippen LogP contribution in [0.2, 0.25) is 0 Å². The maximum Gasteiger partial charge on any atom is 0.418 e. The molecule has 2 N–H and O–H groups in total. The van der Waals surface area contributed by atoms with Gasteiger partial charge in [-0.15, -0.1) is 0 Å². The molecule has 19 heavy (non-hydrogen) atoms. The number of halogens is 5. The minimum Gasteiger partial charge on any atom is -0.365 e. The molecule has 0 aromatic carbocycles. The highest BCUT2D eigenvalue weighted by atomic mass is 19.4. The number of pyridine rings is 1. The molecule has 0 spiro atoms. The van der Waals surface area contributed by atoms with E-state index in [1.165, 1.54) is 0 Å². The summed E-state index contributed by atoms with van der Waals surface area (Å²) < 4.78 is 62.5. The van der Waals surface area contributed by atoms with E-state index in [9.17, 15) is 36.9 Å². The van der Waals surface area contributed by atoms with Crippen molar-refractivity contribution in [3.05, 3.63) is 33.1 Å². The summed E-state index contributed by atoms with van der Waals surface area (Å²) in [4.78, 5) is 22.6. The van der Waals surface area contributed by atoms with E-state index in [4.69, 9.17) is 0 Å². The third-order valence-corrected chi connectivity index (χ3v) is 2.02. The van der Waals surface area contributed by atoms with Crippen molar-refractivity contribution in [1.29, 1.82) is 0 Å². The molecule has 0 saturated carbocycles. The molecule has 6 nitrogen and oxygen atoms in total. The summed E-state index contributed by atoms with van der Waals surface area (Å²) in [5.41, 5.74) is -2.16. The Hall–Kier alpha value is -2.33. The van der Waals surface area contributed by atoms with Crippen LogP contribution in [0.15, 0.2) is 6.20 Å². The first-order chi connectivity index (χ1) is 8.57. The van der Waals surface area contributed by atoms with E-state index < -0.39 is 45.9 Å². The van der Waals surface area contributed by atoms with E-state index in [1.807, 2.05) is 0 Å². The van der Waals surface area contributed by atoms with Crippen LogP contribution in [0.25, 0.3) is 0 Å². The molecule has 0 aliphatic carbocycles. The van der Waals surface area contributed by atoms with E-state index in [0.29, 0.717) is 0 Å². The van der Waals surface area contributed by atoms with Crippen molar-refractivity contribution in [3.63, 3.8) is 0 Å². The van der Waals surface area contributed by atoms with Gasteiger partial charge in [-0.25, -0.2) is 13.8 Å². The highest BCUT2D eigenvalue weighted by Crippen LogP contribution is 2.38. The number of nitrogens with zero attached hydrogens (tertiary/aromatic N) is 2. The van der Waals surface area contributed by atoms with Crippen LogP contribution in [-0.2, 0) is 6.18 Å². The molecular formula is C8H4F5N3O3. The van der Waals surface area contributed by atoms with E-state index >= 15 is 0 Å². The third kappa shape index (κ3) is 2.74. The highest BCUT2D eigenvalue weighted by molar-refractivity contribution is 5.99. The number of amides is 1. The van der Waals surface area contributed by atoms with Crippen LogP contribution in [0.4, 0.5) is 27.6 Å². The van der Waals surface area contributed by atoms with Crippen LogP contribution >= 0.6 is 0 Å². The zero-order valence-corrected chi connectivity index (χ0v) is 8.74. The van der Waals surface area contributed by atoms with Crippen LogP contribution in [0.5, 0.6) is 0 Å². The molecule has 1 amide bonds. The number of primary amides is 1. The molecule has 0 aliphatic rings. The van der Waals surface area contributed by atoms with E-state index in [2.05, 4.69) is 10.7 Å². The van der Waals surface area contributed by atoms with Gasteiger partial charge in [0.05, 0.1) is 10.5 Å². The van der Waals surface area contributed by atoms with Crippen molar-refractivity contribution in [3.8, 4) is 0 Å². The Balaban J connectivity index is 3.79. The Morgan fingerprint density at radius 1 is 1.42 bits per heavy atom. The molecule has 0 radical (unpaired) electrons. The number of hydrogen-bond acceptors (Lipinski definition) is 4. The van der Waals surface area contributed by atoms with Crippen LogP contribution in [0, 0.1) is 10.1 Å². The van der Waals surface area contributed by atoms with Crippen molar-refractivity contribution in [1.82, 2.24) is 4.98 Å². The zero-order valence-electron chi connectivity index (χ0n) is 8.74. The second-order valence-electron chi connectivity index (χ2n) is 3.20. The van der Waals surface area contributed by atoms with Gasteiger partial charge in [-0.1, -0.05) is 0 Å². The maximum atomic E-state index is 12.5. The van der Waals surface area contributed by atoms with Gasteiger partial charge in [0.2, 0.25) is 0 Å². The van der Waals surface area contributed by atoms with Gasteiger partial charge in [-0.3, -0.25) is 14.9 Å². The van der Waals surface area contributed by atoms with Gasteiger partial charge >= 0.3 is 11.9 Å². The standard InChI is InChI=1S/C8H4F5N3O3/c9-6(10)4-5(16(18)19)3(7(14)17)2(1-15-4)8(11,12)13/h1,6H,(H2,14,17). The first kappa shape index (κ1) is 14.7. The Morgan fingerprint density at radius 3 is 2.26 bits per heavy atom. The molecule has 0 unspecified atom stereocenters. The Morgan fingerprint density at radius 2 is 1.95 bits per heavy atom. The average molecular weight is 285 g/mol. The van der Waals surface area contributed by atoms with Gasteiger partial charge in [0.15, 0.2) is 5.69 Å². The summed E-state index contributed by atoms with van der Waals surface area (Å²) in [6.45, 7) is 0. The minimum absolute atomic E-state index is 0.0887. The monoisotopic (exact) mass is 285 g/mol. The largest absolute Gasteiger partial charge is 0.418 e. The predicted octanol–water partition coefficient (Wildman–Crippen LogP) is 2.05. The molecule has 104 valence electrons. The predicted molar refractivity (Wildman–Crippen MR) is 49.4 cm³/mol. The smallest absolute Gasteiger partial charge is 0.365 e. The van der Waals surface area contributed by atoms with Crippen LogP contribution in [0.1, 0.15) is 28.0 Å². The molecule has 1 aromatic rings. The lowest BCUT2D eigenvalue weighted by atomic mass is 10.1. The molecule has 0 atom stereocenters. The fraction of sp³-hybridized carbons (Fsp3) is 0.250. The van der Waals surface area contributed by atoms with Gasteiger partial charge in [0.1, 0.15) is 5.56 Å². The van der Waals surface area contributed by atoms with Gasteiger partial charge < -0.3 is 5.73 Å². The van der Waals surface area contributed by atoms with E-state index in [1.54, 1.807) is 0 Å². The number of hydrogen-bond donors (Lipinski definition) is 1. The number of aromatic nitrogens is 1. The fourth-order valence-electron chi connectivity index (χ4n) is 1.32. The van der Waals surface area contributed by atoms with Crippen LogP contribution in [-0.4, -0.2) is 15.8 Å². The quantitative estimate of drug-likeness (QED) is 0.521. The second kappa shape index (κ2) is 4.74. The third-order valence-electron chi connectivity index (χ3n) is 2.02. The van der Waals surface area contributed by atoms with Gasteiger partial charge in [0, 0.05) is 6.20 Å². The maximum absolute atomic E-state index is 12.5. The molecular weight excluding hydrogens is 281 g/mol. The summed E-state index contributed by atoms with van der Waals surface area (Å²) in [7, 11) is 0. The summed E-state index contributed by atoms with van der Waals surface area (Å²) >= 11 is 0. The molecule has 1 rings (SSSR count). The van der Waals surface area contributed by atoms with Gasteiger partial charge in [-0.05, 0) is 0 Å². The molecule has 0 bridgehead atoms. The van der Waals surface area contributed by atoms with Crippen molar-refractivity contribution >= 4 is 11.6 Å². The summed E-state index contributed by atoms with van der Waals surface area (Å²) in [5, 5.41) is 10.6. The lowest BCUT2D eigenvalue weighted by Gasteiger charge is -2.12. The van der Waals surface area contributed by atoms with E-state index in [-0.39, 0.29) is 6.20 Å². The minimum atomic E-state index is -5.19. The summed E-state index contributed by atoms with van der Waals surface area (Å²) in [6.07, 6.45) is -8.81. The Labute approximate surface area is 101 Å². The van der Waals surface area contributed by atoms with Crippen LogP contribution in [0.3, 0.4) is 0 Å². The number of carbonyl (C=O) groups excluding carboxylic acids is 1. The zero-order chi connectivity index (χ0) is 15.0. The van der Waals surface area contributed by atoms with Crippen molar-refractivity contribution in [2.45, 2.75) is 12.6 Å². The normalized spacial score (nSPS) is 11.7. The molecule has 11 heteroatoms. The molecule has 0 fully saturated rings. The van der Waals surface area contributed by atoms with Crippen LogP contribution < -0.4 is 5.73 Å². The number of carbonyl (C=O) groups is 1. The average Bonchev–Trinajstić information content (AvgIpc) is 2.25. The topological polar surface area (TPSA) is 99.1 Å². The second-order valence-corrected chi connectivity index (χ2v) is 3.20. The fourth-order valence-corrected chi connectivity index (χ4v) is 1.32. The lowest BCUT2D eigenvalue weighted by Crippen LogP contribution is -2.22. The number of nitro groups is 1.